The van der Waals surface area contributed by atoms with Crippen molar-refractivity contribution in [2.45, 2.75) is 13.3 Å². The molecule has 0 aromatic heterocycles. The fourth-order valence-electron chi connectivity index (χ4n) is 0.319. The Labute approximate surface area is 58.9 Å². The average molecular weight is 142 g/mol. The fraction of sp³-hybridized carbons (Fsp3) is 0.250. The summed E-state index contributed by atoms with van der Waals surface area (Å²) in [7, 11) is 0. The molecule has 0 saturated heterocycles. The van der Waals surface area contributed by atoms with Crippen molar-refractivity contribution in [2.75, 3.05) is 0 Å². The van der Waals surface area contributed by atoms with Crippen LogP contribution in [0.5, 0.6) is 0 Å². The van der Waals surface area contributed by atoms with Gasteiger partial charge in [0.1, 0.15) is 0 Å². The Morgan fingerprint density at radius 3 is 2.50 bits per heavy atom. The first kappa shape index (κ1) is 8.90. The van der Waals surface area contributed by atoms with Gasteiger partial charge in [0.25, 0.3) is 6.43 Å². The topological polar surface area (TPSA) is 0 Å². The number of alkyl halides is 2. The molecule has 54 valence electrons. The summed E-state index contributed by atoms with van der Waals surface area (Å²) in [6.45, 7) is 1.78. The molecule has 2 heteroatoms. The van der Waals surface area contributed by atoms with Crippen LogP contribution in [0.2, 0.25) is 0 Å². The molecule has 0 aliphatic carbocycles. The quantitative estimate of drug-likeness (QED) is 0.410. The van der Waals surface area contributed by atoms with Crippen LogP contribution in [0.25, 0.3) is 0 Å². The minimum atomic E-state index is -2.39. The minimum absolute atomic E-state index is 0.782. The summed E-state index contributed by atoms with van der Waals surface area (Å²) in [5.74, 6) is 0. The lowest BCUT2D eigenvalue weighted by molar-refractivity contribution is 0.204. The third kappa shape index (κ3) is 6.90. The normalized spacial score (nSPS) is 9.20. The maximum atomic E-state index is 11.4. The second kappa shape index (κ2) is 6.03. The average Bonchev–Trinajstić information content (AvgIpc) is 1.87. The summed E-state index contributed by atoms with van der Waals surface area (Å²) >= 11 is 0. The maximum Gasteiger partial charge on any atom is 0.257 e. The zero-order chi connectivity index (χ0) is 7.82. The second-order valence-electron chi connectivity index (χ2n) is 1.46. The van der Waals surface area contributed by atoms with E-state index >= 15 is 0 Å². The molecule has 10 heavy (non-hydrogen) atoms. The predicted octanol–water partition coefficient (Wildman–Crippen LogP) is 2.69. The second-order valence-corrected chi connectivity index (χ2v) is 1.46. The first-order valence-electron chi connectivity index (χ1n) is 2.84. The van der Waals surface area contributed by atoms with Gasteiger partial charge in [-0.05, 0) is 25.2 Å². The molecule has 0 fully saturated rings. The fourth-order valence-corrected chi connectivity index (χ4v) is 0.319. The predicted molar refractivity (Wildman–Crippen MR) is 37.0 cm³/mol. The Morgan fingerprint density at radius 1 is 1.30 bits per heavy atom. The van der Waals surface area contributed by atoms with E-state index in [0.717, 1.165) is 6.08 Å². The molecule has 0 amide bonds. The van der Waals surface area contributed by atoms with Gasteiger partial charge in [0.15, 0.2) is 0 Å². The lowest BCUT2D eigenvalue weighted by Crippen LogP contribution is -1.77. The van der Waals surface area contributed by atoms with Gasteiger partial charge in [-0.2, -0.15) is 0 Å². The number of hydrogen-bond acceptors (Lipinski definition) is 0. The summed E-state index contributed by atoms with van der Waals surface area (Å²) < 4.78 is 22.8. The van der Waals surface area contributed by atoms with E-state index in [9.17, 15) is 8.78 Å². The van der Waals surface area contributed by atoms with Gasteiger partial charge in [0.05, 0.1) is 0 Å². The molecule has 0 nitrogen and oxygen atoms in total. The molecule has 0 saturated carbocycles. The smallest absolute Gasteiger partial charge is 0.206 e. The lowest BCUT2D eigenvalue weighted by atomic mass is 10.5. The first-order chi connectivity index (χ1) is 4.77. The van der Waals surface area contributed by atoms with E-state index in [0.29, 0.717) is 0 Å². The van der Waals surface area contributed by atoms with Gasteiger partial charge >= 0.3 is 0 Å². The first-order valence-corrected chi connectivity index (χ1v) is 2.84. The Balaban J connectivity index is 3.85. The van der Waals surface area contributed by atoms with E-state index in [1.165, 1.54) is 12.2 Å². The highest BCUT2D eigenvalue weighted by atomic mass is 19.3. The van der Waals surface area contributed by atoms with E-state index < -0.39 is 6.43 Å². The molecule has 0 spiro atoms. The molecule has 0 heterocycles. The third-order valence-electron chi connectivity index (χ3n) is 0.664. The summed E-state index contributed by atoms with van der Waals surface area (Å²) in [5.41, 5.74) is 5.14. The van der Waals surface area contributed by atoms with Crippen molar-refractivity contribution in [1.82, 2.24) is 0 Å². The van der Waals surface area contributed by atoms with Crippen molar-refractivity contribution in [3.05, 3.63) is 35.8 Å². The molecule has 0 N–H and O–H groups in total. The molecule has 0 unspecified atom stereocenters. The molecule has 0 radical (unpaired) electrons. The van der Waals surface area contributed by atoms with Crippen molar-refractivity contribution in [1.29, 1.82) is 0 Å². The van der Waals surface area contributed by atoms with E-state index in [-0.39, 0.29) is 0 Å². The summed E-state index contributed by atoms with van der Waals surface area (Å²) in [6, 6.07) is 0. The van der Waals surface area contributed by atoms with Gasteiger partial charge in [-0.3, -0.25) is 0 Å². The Morgan fingerprint density at radius 2 is 2.00 bits per heavy atom. The van der Waals surface area contributed by atoms with Crippen LogP contribution < -0.4 is 0 Å². The van der Waals surface area contributed by atoms with Crippen LogP contribution in [-0.2, 0) is 0 Å². The van der Waals surface area contributed by atoms with Crippen molar-refractivity contribution in [3.63, 3.8) is 0 Å². The molecule has 0 rings (SSSR count). The standard InChI is InChI=1S/C8H8F2/c1-2-3-4-5-6-7-8(9)10/h2,5-8H,1H3/b5-2?,7-6+. The van der Waals surface area contributed by atoms with Crippen LogP contribution in [0.4, 0.5) is 8.78 Å². The summed E-state index contributed by atoms with van der Waals surface area (Å²) in [4.78, 5) is 0. The Bertz CT molecular complexity index is 189. The van der Waals surface area contributed by atoms with Crippen LogP contribution in [-0.4, -0.2) is 6.43 Å². The number of hydrogen-bond donors (Lipinski definition) is 0. The molecular formula is C8H8F2. The molecule has 0 aliphatic heterocycles. The van der Waals surface area contributed by atoms with Crippen molar-refractivity contribution in [2.24, 2.45) is 0 Å². The zero-order valence-corrected chi connectivity index (χ0v) is 5.64. The Kier molecular flexibility index (Phi) is 5.36. The van der Waals surface area contributed by atoms with Gasteiger partial charge in [0, 0.05) is 0 Å². The van der Waals surface area contributed by atoms with Gasteiger partial charge in [-0.1, -0.05) is 17.5 Å². The molecular weight excluding hydrogens is 134 g/mol. The van der Waals surface area contributed by atoms with Gasteiger partial charge in [-0.15, -0.1) is 0 Å². The summed E-state index contributed by atoms with van der Waals surface area (Å²) in [6.07, 6.45) is 2.66. The van der Waals surface area contributed by atoms with E-state index in [4.69, 9.17) is 0 Å². The van der Waals surface area contributed by atoms with Crippen LogP contribution in [0.15, 0.2) is 35.8 Å². The van der Waals surface area contributed by atoms with Crippen molar-refractivity contribution < 1.29 is 8.78 Å². The zero-order valence-electron chi connectivity index (χ0n) is 5.64. The highest BCUT2D eigenvalue weighted by molar-refractivity contribution is 5.02. The number of halogens is 2. The highest BCUT2D eigenvalue weighted by Crippen LogP contribution is 1.92. The monoisotopic (exact) mass is 142 g/mol. The number of rotatable bonds is 2. The highest BCUT2D eigenvalue weighted by Gasteiger charge is 1.88. The minimum Gasteiger partial charge on any atom is -0.206 e. The maximum absolute atomic E-state index is 11.4. The van der Waals surface area contributed by atoms with Gasteiger partial charge in [0.2, 0.25) is 0 Å². The molecule has 0 aromatic rings. The SMILES string of the molecule is CC=C=C=C/C=C/C(F)F. The van der Waals surface area contributed by atoms with Crippen molar-refractivity contribution >= 4 is 0 Å². The summed E-state index contributed by atoms with van der Waals surface area (Å²) in [5, 5.41) is 0. The molecule has 0 bridgehead atoms. The third-order valence-corrected chi connectivity index (χ3v) is 0.664. The van der Waals surface area contributed by atoms with Crippen LogP contribution in [0, 0.1) is 0 Å². The van der Waals surface area contributed by atoms with Crippen molar-refractivity contribution in [3.8, 4) is 0 Å². The van der Waals surface area contributed by atoms with Crippen LogP contribution in [0.1, 0.15) is 6.92 Å². The van der Waals surface area contributed by atoms with Gasteiger partial charge < -0.3 is 0 Å². The van der Waals surface area contributed by atoms with Gasteiger partial charge in [-0.25, -0.2) is 8.78 Å². The van der Waals surface area contributed by atoms with E-state index in [1.54, 1.807) is 13.0 Å². The largest absolute Gasteiger partial charge is 0.257 e. The Hall–Kier alpha value is -1.10. The molecule has 0 aliphatic rings. The molecule has 0 aromatic carbocycles. The van der Waals surface area contributed by atoms with E-state index in [2.05, 4.69) is 11.5 Å². The van der Waals surface area contributed by atoms with Crippen LogP contribution >= 0.6 is 0 Å². The number of allylic oxidation sites excluding steroid dienone is 4. The van der Waals surface area contributed by atoms with Crippen LogP contribution in [0.3, 0.4) is 0 Å². The molecule has 0 atom stereocenters. The van der Waals surface area contributed by atoms with E-state index in [1.807, 2.05) is 0 Å². The lowest BCUT2D eigenvalue weighted by Gasteiger charge is -1.79.